The van der Waals surface area contributed by atoms with Crippen LogP contribution in [0.5, 0.6) is 0 Å². The third-order valence-electron chi connectivity index (χ3n) is 6.19. The van der Waals surface area contributed by atoms with E-state index in [1.165, 1.54) is 32.1 Å². The van der Waals surface area contributed by atoms with Gasteiger partial charge in [0.15, 0.2) is 0 Å². The van der Waals surface area contributed by atoms with Gasteiger partial charge in [-0.3, -0.25) is 10.1 Å². The van der Waals surface area contributed by atoms with E-state index in [1.54, 1.807) is 0 Å². The molecule has 3 heteroatoms. The van der Waals surface area contributed by atoms with Crippen molar-refractivity contribution in [2.75, 3.05) is 0 Å². The second-order valence-corrected chi connectivity index (χ2v) is 7.91. The summed E-state index contributed by atoms with van der Waals surface area (Å²) in [6.07, 6.45) is 10.8. The lowest BCUT2D eigenvalue weighted by Gasteiger charge is -2.41. The standard InChI is InChI=1S/C18H32N2O/c1-4-7-16-19-18(10-5-6-11-18)17(21)20(16)15-9-8-13(2)12-14(15)3/h13-16,19H,4-12H2,1-3H3. The zero-order valence-electron chi connectivity index (χ0n) is 14.0. The summed E-state index contributed by atoms with van der Waals surface area (Å²) in [6, 6.07) is 0.470. The minimum atomic E-state index is -0.192. The number of nitrogens with zero attached hydrogens (tertiary/aromatic N) is 1. The molecule has 1 spiro atoms. The smallest absolute Gasteiger partial charge is 0.244 e. The predicted octanol–water partition coefficient (Wildman–Crippen LogP) is 3.68. The van der Waals surface area contributed by atoms with Gasteiger partial charge in [-0.1, -0.05) is 40.0 Å². The molecule has 0 aromatic carbocycles. The van der Waals surface area contributed by atoms with Gasteiger partial charge in [0, 0.05) is 6.04 Å². The molecule has 4 atom stereocenters. The number of hydrogen-bond acceptors (Lipinski definition) is 2. The Morgan fingerprint density at radius 3 is 2.57 bits per heavy atom. The Hall–Kier alpha value is -0.570. The van der Waals surface area contributed by atoms with Crippen molar-refractivity contribution in [3.8, 4) is 0 Å². The van der Waals surface area contributed by atoms with Crippen LogP contribution in [0.15, 0.2) is 0 Å². The quantitative estimate of drug-likeness (QED) is 0.860. The molecular weight excluding hydrogens is 260 g/mol. The van der Waals surface area contributed by atoms with E-state index in [4.69, 9.17) is 0 Å². The van der Waals surface area contributed by atoms with E-state index < -0.39 is 0 Å². The number of carbonyl (C=O) groups excluding carboxylic acids is 1. The van der Waals surface area contributed by atoms with E-state index in [1.807, 2.05) is 0 Å². The van der Waals surface area contributed by atoms with Crippen LogP contribution in [0, 0.1) is 11.8 Å². The number of carbonyl (C=O) groups is 1. The largest absolute Gasteiger partial charge is 0.322 e. The number of hydrogen-bond donors (Lipinski definition) is 1. The Morgan fingerprint density at radius 1 is 1.24 bits per heavy atom. The van der Waals surface area contributed by atoms with Gasteiger partial charge in [0.25, 0.3) is 0 Å². The summed E-state index contributed by atoms with van der Waals surface area (Å²) in [5.41, 5.74) is -0.192. The molecule has 3 nitrogen and oxygen atoms in total. The van der Waals surface area contributed by atoms with Gasteiger partial charge in [-0.15, -0.1) is 0 Å². The third-order valence-corrected chi connectivity index (χ3v) is 6.19. The Balaban J connectivity index is 1.82. The zero-order valence-corrected chi connectivity index (χ0v) is 14.0. The van der Waals surface area contributed by atoms with Crippen molar-refractivity contribution in [2.24, 2.45) is 11.8 Å². The van der Waals surface area contributed by atoms with Crippen LogP contribution in [0.25, 0.3) is 0 Å². The summed E-state index contributed by atoms with van der Waals surface area (Å²) in [5, 5.41) is 3.77. The molecule has 1 N–H and O–H groups in total. The van der Waals surface area contributed by atoms with E-state index in [0.29, 0.717) is 24.0 Å². The van der Waals surface area contributed by atoms with Crippen molar-refractivity contribution in [3.63, 3.8) is 0 Å². The lowest BCUT2D eigenvalue weighted by Crippen LogP contribution is -2.49. The lowest BCUT2D eigenvalue weighted by atomic mass is 9.78. The van der Waals surface area contributed by atoms with Crippen LogP contribution in [-0.4, -0.2) is 28.6 Å². The highest BCUT2D eigenvalue weighted by atomic mass is 16.2. The molecule has 0 radical (unpaired) electrons. The molecule has 120 valence electrons. The van der Waals surface area contributed by atoms with Crippen molar-refractivity contribution in [1.82, 2.24) is 10.2 Å². The van der Waals surface area contributed by atoms with E-state index >= 15 is 0 Å². The first kappa shape index (κ1) is 15.3. The molecule has 2 aliphatic carbocycles. The normalized spacial score (nSPS) is 39.4. The van der Waals surface area contributed by atoms with Crippen LogP contribution >= 0.6 is 0 Å². The molecule has 3 rings (SSSR count). The van der Waals surface area contributed by atoms with Crippen molar-refractivity contribution in [1.29, 1.82) is 0 Å². The zero-order chi connectivity index (χ0) is 15.0. The molecule has 0 bridgehead atoms. The van der Waals surface area contributed by atoms with E-state index in [2.05, 4.69) is 31.0 Å². The summed E-state index contributed by atoms with van der Waals surface area (Å²) >= 11 is 0. The topological polar surface area (TPSA) is 32.3 Å². The van der Waals surface area contributed by atoms with Crippen LogP contribution in [0.4, 0.5) is 0 Å². The SMILES string of the molecule is CCCC1NC2(CCCC2)C(=O)N1C1CCC(C)CC1C. The second-order valence-electron chi connectivity index (χ2n) is 7.91. The molecule has 3 aliphatic rings. The van der Waals surface area contributed by atoms with Gasteiger partial charge in [-0.25, -0.2) is 0 Å². The fourth-order valence-corrected chi connectivity index (χ4v) is 5.10. The molecule has 1 amide bonds. The molecule has 2 saturated carbocycles. The maximum absolute atomic E-state index is 13.2. The minimum absolute atomic E-state index is 0.192. The fraction of sp³-hybridized carbons (Fsp3) is 0.944. The van der Waals surface area contributed by atoms with Gasteiger partial charge < -0.3 is 4.90 Å². The molecule has 4 unspecified atom stereocenters. The number of rotatable bonds is 3. The molecule has 1 heterocycles. The Bertz CT molecular complexity index is 389. The minimum Gasteiger partial charge on any atom is -0.322 e. The molecule has 3 fully saturated rings. The summed E-state index contributed by atoms with van der Waals surface area (Å²) in [7, 11) is 0. The van der Waals surface area contributed by atoms with Gasteiger partial charge in [-0.2, -0.15) is 0 Å². The summed E-state index contributed by atoms with van der Waals surface area (Å²) in [5.74, 6) is 1.91. The first-order valence-electron chi connectivity index (χ1n) is 9.18. The van der Waals surface area contributed by atoms with Gasteiger partial charge in [0.1, 0.15) is 0 Å². The van der Waals surface area contributed by atoms with Crippen LogP contribution < -0.4 is 5.32 Å². The molecule has 0 aromatic rings. The van der Waals surface area contributed by atoms with Crippen LogP contribution in [-0.2, 0) is 4.79 Å². The van der Waals surface area contributed by atoms with Crippen molar-refractivity contribution >= 4 is 5.91 Å². The number of nitrogens with one attached hydrogen (secondary N) is 1. The monoisotopic (exact) mass is 292 g/mol. The first-order chi connectivity index (χ1) is 10.1. The average Bonchev–Trinajstić information content (AvgIpc) is 3.00. The third kappa shape index (κ3) is 2.62. The van der Waals surface area contributed by atoms with Gasteiger partial charge in [0.2, 0.25) is 5.91 Å². The van der Waals surface area contributed by atoms with Crippen molar-refractivity contribution in [3.05, 3.63) is 0 Å². The Kier molecular flexibility index (Phi) is 4.31. The van der Waals surface area contributed by atoms with Crippen LogP contribution in [0.2, 0.25) is 0 Å². The Labute approximate surface area is 129 Å². The van der Waals surface area contributed by atoms with E-state index in [0.717, 1.165) is 31.6 Å². The fourth-order valence-electron chi connectivity index (χ4n) is 5.10. The molecule has 1 aliphatic heterocycles. The van der Waals surface area contributed by atoms with Crippen LogP contribution in [0.3, 0.4) is 0 Å². The molecule has 21 heavy (non-hydrogen) atoms. The van der Waals surface area contributed by atoms with E-state index in [9.17, 15) is 4.79 Å². The highest BCUT2D eigenvalue weighted by Crippen LogP contribution is 2.42. The Morgan fingerprint density at radius 2 is 1.95 bits per heavy atom. The van der Waals surface area contributed by atoms with E-state index in [-0.39, 0.29) is 5.54 Å². The molecule has 0 aromatic heterocycles. The first-order valence-corrected chi connectivity index (χ1v) is 9.18. The van der Waals surface area contributed by atoms with Gasteiger partial charge in [-0.05, 0) is 50.4 Å². The van der Waals surface area contributed by atoms with Gasteiger partial charge >= 0.3 is 0 Å². The maximum Gasteiger partial charge on any atom is 0.244 e. The summed E-state index contributed by atoms with van der Waals surface area (Å²) in [4.78, 5) is 15.5. The van der Waals surface area contributed by atoms with Crippen molar-refractivity contribution < 1.29 is 4.79 Å². The number of amides is 1. The maximum atomic E-state index is 13.2. The summed E-state index contributed by atoms with van der Waals surface area (Å²) < 4.78 is 0. The highest BCUT2D eigenvalue weighted by Gasteiger charge is 2.54. The molecule has 1 saturated heterocycles. The lowest BCUT2D eigenvalue weighted by molar-refractivity contribution is -0.137. The average molecular weight is 292 g/mol. The second kappa shape index (κ2) is 5.91. The summed E-state index contributed by atoms with van der Waals surface area (Å²) in [6.45, 7) is 6.95. The van der Waals surface area contributed by atoms with Crippen molar-refractivity contribution in [2.45, 2.75) is 96.3 Å². The highest BCUT2D eigenvalue weighted by molar-refractivity contribution is 5.89. The van der Waals surface area contributed by atoms with Crippen LogP contribution in [0.1, 0.15) is 78.6 Å². The van der Waals surface area contributed by atoms with Gasteiger partial charge in [0.05, 0.1) is 11.7 Å². The predicted molar refractivity (Wildman–Crippen MR) is 85.8 cm³/mol. The molecular formula is C18H32N2O.